The van der Waals surface area contributed by atoms with Gasteiger partial charge in [0.25, 0.3) is 5.91 Å². The van der Waals surface area contributed by atoms with Gasteiger partial charge >= 0.3 is 12.1 Å². The summed E-state index contributed by atoms with van der Waals surface area (Å²) in [5, 5.41) is 35.2. The zero-order chi connectivity index (χ0) is 25.9. The van der Waals surface area contributed by atoms with Crippen LogP contribution in [0.25, 0.3) is 11.1 Å². The van der Waals surface area contributed by atoms with E-state index in [4.69, 9.17) is 16.7 Å². The maximum absolute atomic E-state index is 13.1. The first-order valence-electron chi connectivity index (χ1n) is 10.3. The summed E-state index contributed by atoms with van der Waals surface area (Å²) < 4.78 is 39.7. The van der Waals surface area contributed by atoms with E-state index in [1.54, 1.807) is 42.5 Å². The van der Waals surface area contributed by atoms with Crippen LogP contribution in [-0.2, 0) is 24.4 Å². The Morgan fingerprint density at radius 1 is 1.14 bits per heavy atom. The van der Waals surface area contributed by atoms with E-state index in [1.807, 2.05) is 6.07 Å². The normalized spacial score (nSPS) is 13.3. The van der Waals surface area contributed by atoms with Crippen molar-refractivity contribution in [1.82, 2.24) is 15.1 Å². The predicted octanol–water partition coefficient (Wildman–Crippen LogP) is 3.64. The zero-order valence-electron chi connectivity index (χ0n) is 18.3. The lowest BCUT2D eigenvalue weighted by molar-refractivity contribution is -0.147. The fourth-order valence-electron chi connectivity index (χ4n) is 3.59. The van der Waals surface area contributed by atoms with Crippen molar-refractivity contribution in [1.29, 1.82) is 0 Å². The van der Waals surface area contributed by atoms with Crippen molar-refractivity contribution in [3.63, 3.8) is 0 Å². The molecular weight excluding hydrogens is 491 g/mol. The third-order valence-electron chi connectivity index (χ3n) is 5.23. The van der Waals surface area contributed by atoms with Crippen molar-refractivity contribution in [2.45, 2.75) is 31.2 Å². The lowest BCUT2D eigenvalue weighted by Gasteiger charge is -2.20. The number of alkyl halides is 3. The average Bonchev–Trinajstić information content (AvgIpc) is 3.08. The first-order valence-corrected chi connectivity index (χ1v) is 10.6. The number of hydrogen-bond acceptors (Lipinski definition) is 5. The highest BCUT2D eigenvalue weighted by Crippen LogP contribution is 2.37. The molecule has 3 rings (SSSR count). The number of carboxylic acids is 1. The summed E-state index contributed by atoms with van der Waals surface area (Å²) in [6, 6.07) is 13.2. The summed E-state index contributed by atoms with van der Waals surface area (Å²) in [7, 11) is 0.923. The van der Waals surface area contributed by atoms with Gasteiger partial charge < -0.3 is 20.6 Å². The summed E-state index contributed by atoms with van der Waals surface area (Å²) in [4.78, 5) is 23.8. The molecular formula is C23H21ClF3N3O5. The second-order valence-electron chi connectivity index (χ2n) is 7.84. The molecule has 0 saturated carbocycles. The molecule has 12 heteroatoms. The molecule has 0 aliphatic heterocycles. The van der Waals surface area contributed by atoms with E-state index in [0.717, 1.165) is 18.2 Å². The van der Waals surface area contributed by atoms with Gasteiger partial charge in [-0.25, -0.2) is 4.79 Å². The van der Waals surface area contributed by atoms with Crippen molar-refractivity contribution in [3.8, 4) is 16.9 Å². The van der Waals surface area contributed by atoms with Crippen molar-refractivity contribution in [3.05, 3.63) is 70.5 Å². The number of aliphatic carboxylic acids is 1. The molecule has 0 spiro atoms. The molecule has 0 saturated heterocycles. The molecule has 0 aliphatic rings. The van der Waals surface area contributed by atoms with E-state index in [-0.39, 0.29) is 6.42 Å². The molecule has 1 heterocycles. The van der Waals surface area contributed by atoms with Gasteiger partial charge in [0.15, 0.2) is 23.2 Å². The Labute approximate surface area is 202 Å². The fraction of sp³-hybridized carbons (Fsp3) is 0.261. The summed E-state index contributed by atoms with van der Waals surface area (Å²) in [6.07, 6.45) is -7.18. The van der Waals surface area contributed by atoms with E-state index in [1.165, 1.54) is 0 Å². The maximum Gasteiger partial charge on any atom is 0.436 e. The smallest absolute Gasteiger partial charge is 0.436 e. The minimum absolute atomic E-state index is 0.0473. The monoisotopic (exact) mass is 511 g/mol. The van der Waals surface area contributed by atoms with Crippen molar-refractivity contribution < 1.29 is 38.1 Å². The molecule has 1 amide bonds. The van der Waals surface area contributed by atoms with Crippen LogP contribution in [0.1, 0.15) is 28.2 Å². The molecule has 8 nitrogen and oxygen atoms in total. The number of aliphatic hydroxyl groups is 1. The number of aromatic nitrogens is 2. The summed E-state index contributed by atoms with van der Waals surface area (Å²) in [5.74, 6) is -4.02. The molecule has 2 aromatic carbocycles. The van der Waals surface area contributed by atoms with Crippen LogP contribution in [0.3, 0.4) is 0 Å². The first-order chi connectivity index (χ1) is 16.4. The fourth-order valence-corrected chi connectivity index (χ4v) is 3.78. The number of halogens is 4. The molecule has 4 N–H and O–H groups in total. The largest absolute Gasteiger partial charge is 0.504 e. The Kier molecular flexibility index (Phi) is 7.71. The van der Waals surface area contributed by atoms with Gasteiger partial charge in [-0.15, -0.1) is 0 Å². The van der Waals surface area contributed by atoms with Crippen LogP contribution in [0.15, 0.2) is 48.5 Å². The quantitative estimate of drug-likeness (QED) is 0.366. The Hall–Kier alpha value is -3.57. The molecule has 3 aromatic rings. The molecule has 2 atom stereocenters. The van der Waals surface area contributed by atoms with Gasteiger partial charge in [-0.3, -0.25) is 9.48 Å². The third-order valence-corrected chi connectivity index (χ3v) is 5.46. The number of nitrogens with zero attached hydrogens (tertiary/aromatic N) is 2. The lowest BCUT2D eigenvalue weighted by atomic mass is 9.97. The number of hydrogen-bond donors (Lipinski definition) is 4. The molecule has 0 fully saturated rings. The summed E-state index contributed by atoms with van der Waals surface area (Å²) in [5.41, 5.74) is -0.00555. The number of benzene rings is 2. The number of aryl methyl sites for hydroxylation is 1. The Morgan fingerprint density at radius 3 is 2.34 bits per heavy atom. The number of carboxylic acid groups (broad SMARTS) is 1. The van der Waals surface area contributed by atoms with Crippen molar-refractivity contribution in [2.75, 3.05) is 0 Å². The third kappa shape index (κ3) is 6.31. The lowest BCUT2D eigenvalue weighted by Crippen LogP contribution is -2.40. The highest BCUT2D eigenvalue weighted by atomic mass is 35.5. The van der Waals surface area contributed by atoms with Crippen LogP contribution in [0.2, 0.25) is 5.02 Å². The maximum atomic E-state index is 13.1. The minimum atomic E-state index is -4.95. The highest BCUT2D eigenvalue weighted by molar-refractivity contribution is 6.30. The van der Waals surface area contributed by atoms with Gasteiger partial charge in [0.2, 0.25) is 0 Å². The number of carbonyl (C=O) groups is 2. The van der Waals surface area contributed by atoms with Crippen molar-refractivity contribution >= 4 is 23.5 Å². The van der Waals surface area contributed by atoms with Crippen LogP contribution < -0.4 is 5.32 Å². The minimum Gasteiger partial charge on any atom is -0.504 e. The van der Waals surface area contributed by atoms with Crippen LogP contribution in [0, 0.1) is 0 Å². The number of aromatic hydroxyl groups is 1. The van der Waals surface area contributed by atoms with E-state index in [0.29, 0.717) is 15.3 Å². The standard InChI is InChI=1S/C23H21ClF3N3O5/c1-30-20(23(25,26)27)19(32)18(29-30)21(33)28-16(11-17(31)22(34)35)9-12-5-7-13(8-6-12)14-3-2-4-15(24)10-14/h2-8,10,16-17,31-32H,9,11H2,1H3,(H,28,33)(H,34,35)/t16-,17-/m1/s1. The second-order valence-corrected chi connectivity index (χ2v) is 8.28. The van der Waals surface area contributed by atoms with Gasteiger partial charge in [0, 0.05) is 24.5 Å². The Bertz CT molecular complexity index is 1230. The van der Waals surface area contributed by atoms with E-state index in [9.17, 15) is 33.0 Å². The summed E-state index contributed by atoms with van der Waals surface area (Å²) >= 11 is 6.02. The van der Waals surface area contributed by atoms with Gasteiger partial charge in [0.1, 0.15) is 0 Å². The van der Waals surface area contributed by atoms with Gasteiger partial charge in [0.05, 0.1) is 0 Å². The van der Waals surface area contributed by atoms with Crippen molar-refractivity contribution in [2.24, 2.45) is 7.05 Å². The predicted molar refractivity (Wildman–Crippen MR) is 120 cm³/mol. The molecule has 0 radical (unpaired) electrons. The second kappa shape index (κ2) is 10.4. The summed E-state index contributed by atoms with van der Waals surface area (Å²) in [6.45, 7) is 0. The number of carbonyl (C=O) groups excluding carboxylic acids is 1. The molecule has 0 unspecified atom stereocenters. The number of nitrogens with one attached hydrogen (secondary N) is 1. The average molecular weight is 512 g/mol. The SMILES string of the molecule is Cn1nc(C(=O)N[C@H](Cc2ccc(-c3cccc(Cl)c3)cc2)C[C@@H](O)C(=O)O)c(O)c1C(F)(F)F. The molecule has 0 aliphatic carbocycles. The molecule has 0 bridgehead atoms. The van der Waals surface area contributed by atoms with E-state index >= 15 is 0 Å². The Morgan fingerprint density at radius 2 is 1.80 bits per heavy atom. The van der Waals surface area contributed by atoms with Crippen LogP contribution in [0.5, 0.6) is 5.75 Å². The van der Waals surface area contributed by atoms with Gasteiger partial charge in [-0.1, -0.05) is 48.0 Å². The van der Waals surface area contributed by atoms with Gasteiger partial charge in [-0.05, 0) is 35.2 Å². The van der Waals surface area contributed by atoms with E-state index < -0.39 is 53.8 Å². The Balaban J connectivity index is 1.82. The molecule has 35 heavy (non-hydrogen) atoms. The van der Waals surface area contributed by atoms with Crippen LogP contribution in [-0.4, -0.2) is 49.1 Å². The highest BCUT2D eigenvalue weighted by Gasteiger charge is 2.41. The number of rotatable bonds is 8. The van der Waals surface area contributed by atoms with Crippen LogP contribution >= 0.6 is 11.6 Å². The molecule has 186 valence electrons. The number of amides is 1. The van der Waals surface area contributed by atoms with Crippen LogP contribution in [0.4, 0.5) is 13.2 Å². The zero-order valence-corrected chi connectivity index (χ0v) is 19.0. The van der Waals surface area contributed by atoms with Gasteiger partial charge in [-0.2, -0.15) is 18.3 Å². The van der Waals surface area contributed by atoms with E-state index in [2.05, 4.69) is 10.4 Å². The molecule has 1 aromatic heterocycles. The first kappa shape index (κ1) is 26.0. The number of aliphatic hydroxyl groups excluding tert-OH is 1. The topological polar surface area (TPSA) is 125 Å².